The van der Waals surface area contributed by atoms with E-state index in [0.717, 1.165) is 18.7 Å². The number of carbonyl (C=O) groups excluding carboxylic acids is 1. The summed E-state index contributed by atoms with van der Waals surface area (Å²) in [5.74, 6) is -0.945. The molecule has 2 unspecified atom stereocenters. The predicted molar refractivity (Wildman–Crippen MR) is 83.7 cm³/mol. The molecule has 2 atom stereocenters. The number of nitrogens with one attached hydrogen (secondary N) is 1. The molecule has 0 aliphatic carbocycles. The Hall–Kier alpha value is -1.69. The fraction of sp³-hybridized carbons (Fsp3) is 0.467. The number of hydrogen-bond acceptors (Lipinski definition) is 3. The smallest absolute Gasteiger partial charge is 0.335 e. The van der Waals surface area contributed by atoms with E-state index in [1.54, 1.807) is 24.3 Å². The van der Waals surface area contributed by atoms with Gasteiger partial charge in [0.25, 0.3) is 0 Å². The van der Waals surface area contributed by atoms with Crippen LogP contribution in [0, 0.1) is 0 Å². The van der Waals surface area contributed by atoms with Gasteiger partial charge in [-0.3, -0.25) is 0 Å². The number of rotatable bonds is 3. The number of amides is 2. The number of carboxylic acids is 1. The Morgan fingerprint density at radius 3 is 2.33 bits per heavy atom. The molecule has 1 heterocycles. The Bertz CT molecular complexity index is 508. The number of hydrogen-bond donors (Lipinski definition) is 2. The highest BCUT2D eigenvalue weighted by molar-refractivity contribution is 8.00. The van der Waals surface area contributed by atoms with Crippen LogP contribution < -0.4 is 5.32 Å². The quantitative estimate of drug-likeness (QED) is 0.900. The molecule has 1 aromatic rings. The monoisotopic (exact) mass is 308 g/mol. The lowest BCUT2D eigenvalue weighted by Crippen LogP contribution is -2.48. The molecule has 0 spiro atoms. The molecule has 0 radical (unpaired) electrons. The molecule has 6 heteroatoms. The summed E-state index contributed by atoms with van der Waals surface area (Å²) in [7, 11) is 0. The molecular weight excluding hydrogens is 288 g/mol. The van der Waals surface area contributed by atoms with Gasteiger partial charge in [-0.2, -0.15) is 11.8 Å². The maximum atomic E-state index is 12.1. The molecular formula is C15H20N2O3S. The largest absolute Gasteiger partial charge is 0.478 e. The number of thioether (sulfide) groups is 1. The van der Waals surface area contributed by atoms with Crippen LogP contribution in [0.3, 0.4) is 0 Å². The molecule has 5 nitrogen and oxygen atoms in total. The van der Waals surface area contributed by atoms with Crippen LogP contribution in [0.5, 0.6) is 0 Å². The zero-order chi connectivity index (χ0) is 15.4. The molecule has 2 amide bonds. The standard InChI is InChI=1S/C15H20N2O3S/c1-10-8-17(9-11(2)21-10)15(20)16-7-12-3-5-13(6-4-12)14(18)19/h3-6,10-11H,7-9H2,1-2H3,(H,16,20)(H,18,19). The molecule has 114 valence electrons. The molecule has 21 heavy (non-hydrogen) atoms. The number of urea groups is 1. The van der Waals surface area contributed by atoms with E-state index in [1.165, 1.54) is 0 Å². The maximum Gasteiger partial charge on any atom is 0.335 e. The SMILES string of the molecule is CC1CN(C(=O)NCc2ccc(C(=O)O)cc2)CC(C)S1. The topological polar surface area (TPSA) is 69.6 Å². The lowest BCUT2D eigenvalue weighted by molar-refractivity contribution is 0.0697. The van der Waals surface area contributed by atoms with Gasteiger partial charge in [0, 0.05) is 30.1 Å². The van der Waals surface area contributed by atoms with Crippen LogP contribution in [-0.4, -0.2) is 45.6 Å². The van der Waals surface area contributed by atoms with E-state index >= 15 is 0 Å². The molecule has 0 saturated carbocycles. The minimum Gasteiger partial charge on any atom is -0.478 e. The van der Waals surface area contributed by atoms with Crippen molar-refractivity contribution in [2.24, 2.45) is 0 Å². The second kappa shape index (κ2) is 6.85. The summed E-state index contributed by atoms with van der Waals surface area (Å²) in [6.07, 6.45) is 0. The first-order valence-corrected chi connectivity index (χ1v) is 7.90. The van der Waals surface area contributed by atoms with E-state index in [4.69, 9.17) is 5.11 Å². The highest BCUT2D eigenvalue weighted by Crippen LogP contribution is 2.24. The fourth-order valence-corrected chi connectivity index (χ4v) is 3.72. The van der Waals surface area contributed by atoms with Crippen molar-refractivity contribution in [2.45, 2.75) is 30.9 Å². The summed E-state index contributed by atoms with van der Waals surface area (Å²) in [6, 6.07) is 6.48. The summed E-state index contributed by atoms with van der Waals surface area (Å²) < 4.78 is 0. The number of benzene rings is 1. The summed E-state index contributed by atoms with van der Waals surface area (Å²) in [6.45, 7) is 6.19. The van der Waals surface area contributed by atoms with Gasteiger partial charge in [0.15, 0.2) is 0 Å². The molecule has 2 rings (SSSR count). The van der Waals surface area contributed by atoms with Crippen LogP contribution in [0.15, 0.2) is 24.3 Å². The molecule has 0 aromatic heterocycles. The van der Waals surface area contributed by atoms with E-state index in [2.05, 4.69) is 19.2 Å². The molecule has 1 aromatic carbocycles. The van der Waals surface area contributed by atoms with E-state index in [9.17, 15) is 9.59 Å². The van der Waals surface area contributed by atoms with Gasteiger partial charge in [0.1, 0.15) is 0 Å². The lowest BCUT2D eigenvalue weighted by Gasteiger charge is -2.34. The second-order valence-electron chi connectivity index (χ2n) is 5.32. The first kappa shape index (κ1) is 15.7. The van der Waals surface area contributed by atoms with Gasteiger partial charge in [-0.1, -0.05) is 26.0 Å². The van der Waals surface area contributed by atoms with Crippen LogP contribution in [0.25, 0.3) is 0 Å². The normalized spacial score (nSPS) is 21.9. The molecule has 1 aliphatic rings. The van der Waals surface area contributed by atoms with E-state index < -0.39 is 5.97 Å². The van der Waals surface area contributed by atoms with E-state index in [1.807, 2.05) is 16.7 Å². The van der Waals surface area contributed by atoms with Crippen molar-refractivity contribution in [1.29, 1.82) is 0 Å². The predicted octanol–water partition coefficient (Wildman–Crippen LogP) is 2.42. The highest BCUT2D eigenvalue weighted by atomic mass is 32.2. The molecule has 1 fully saturated rings. The summed E-state index contributed by atoms with van der Waals surface area (Å²) in [4.78, 5) is 24.8. The maximum absolute atomic E-state index is 12.1. The van der Waals surface area contributed by atoms with Gasteiger partial charge in [-0.05, 0) is 17.7 Å². The van der Waals surface area contributed by atoms with Crippen molar-refractivity contribution in [2.75, 3.05) is 13.1 Å². The van der Waals surface area contributed by atoms with Crippen molar-refractivity contribution in [3.05, 3.63) is 35.4 Å². The summed E-state index contributed by atoms with van der Waals surface area (Å²) in [5.41, 5.74) is 1.14. The Morgan fingerprint density at radius 2 is 1.81 bits per heavy atom. The third kappa shape index (κ3) is 4.39. The Balaban J connectivity index is 1.87. The Kier molecular flexibility index (Phi) is 5.12. The van der Waals surface area contributed by atoms with Gasteiger partial charge in [-0.25, -0.2) is 9.59 Å². The number of aromatic carboxylic acids is 1. The molecule has 1 aliphatic heterocycles. The van der Waals surface area contributed by atoms with Gasteiger partial charge in [0.2, 0.25) is 0 Å². The van der Waals surface area contributed by atoms with Crippen LogP contribution in [0.2, 0.25) is 0 Å². The first-order chi connectivity index (χ1) is 9.95. The number of carbonyl (C=O) groups is 2. The van der Waals surface area contributed by atoms with Crippen LogP contribution in [0.4, 0.5) is 4.79 Å². The first-order valence-electron chi connectivity index (χ1n) is 6.96. The van der Waals surface area contributed by atoms with Gasteiger partial charge < -0.3 is 15.3 Å². The summed E-state index contributed by atoms with van der Waals surface area (Å²) in [5, 5.41) is 12.6. The van der Waals surface area contributed by atoms with Crippen molar-refractivity contribution < 1.29 is 14.7 Å². The minimum absolute atomic E-state index is 0.0590. The summed E-state index contributed by atoms with van der Waals surface area (Å²) >= 11 is 1.90. The average molecular weight is 308 g/mol. The lowest BCUT2D eigenvalue weighted by atomic mass is 10.1. The van der Waals surface area contributed by atoms with Gasteiger partial charge in [0.05, 0.1) is 5.56 Å². The second-order valence-corrected chi connectivity index (χ2v) is 7.20. The third-order valence-corrected chi connectivity index (χ3v) is 4.58. The Morgan fingerprint density at radius 1 is 1.24 bits per heavy atom. The molecule has 0 bridgehead atoms. The van der Waals surface area contributed by atoms with Gasteiger partial charge in [-0.15, -0.1) is 0 Å². The van der Waals surface area contributed by atoms with Crippen LogP contribution in [-0.2, 0) is 6.54 Å². The minimum atomic E-state index is -0.945. The number of carboxylic acid groups (broad SMARTS) is 1. The van der Waals surface area contributed by atoms with Crippen molar-refractivity contribution in [1.82, 2.24) is 10.2 Å². The van der Waals surface area contributed by atoms with Crippen molar-refractivity contribution in [3.63, 3.8) is 0 Å². The Labute approximate surface area is 128 Å². The zero-order valence-electron chi connectivity index (χ0n) is 12.2. The third-order valence-electron chi connectivity index (χ3n) is 3.35. The zero-order valence-corrected chi connectivity index (χ0v) is 13.0. The van der Waals surface area contributed by atoms with Crippen molar-refractivity contribution in [3.8, 4) is 0 Å². The van der Waals surface area contributed by atoms with E-state index in [0.29, 0.717) is 17.0 Å². The number of nitrogens with zero attached hydrogens (tertiary/aromatic N) is 1. The van der Waals surface area contributed by atoms with Gasteiger partial charge >= 0.3 is 12.0 Å². The molecule has 1 saturated heterocycles. The van der Waals surface area contributed by atoms with E-state index in [-0.39, 0.29) is 11.6 Å². The fourth-order valence-electron chi connectivity index (χ4n) is 2.40. The highest BCUT2D eigenvalue weighted by Gasteiger charge is 2.25. The molecule has 2 N–H and O–H groups in total. The van der Waals surface area contributed by atoms with Crippen molar-refractivity contribution >= 4 is 23.8 Å². The van der Waals surface area contributed by atoms with Crippen LogP contribution in [0.1, 0.15) is 29.8 Å². The average Bonchev–Trinajstić information content (AvgIpc) is 2.44. The van der Waals surface area contributed by atoms with Crippen LogP contribution >= 0.6 is 11.8 Å².